The summed E-state index contributed by atoms with van der Waals surface area (Å²) in [7, 11) is 0. The molecule has 0 aromatic rings. The number of hydrogen-bond acceptors (Lipinski definition) is 4. The zero-order valence-corrected chi connectivity index (χ0v) is 26.0. The Balaban J connectivity index is 0.896. The summed E-state index contributed by atoms with van der Waals surface area (Å²) < 4.78 is 13.6. The van der Waals surface area contributed by atoms with Crippen LogP contribution in [-0.2, 0) is 9.47 Å². The molecule has 0 aromatic heterocycles. The molecule has 0 amide bonds. The normalized spacial score (nSPS) is 56.2. The molecule has 9 rings (SSSR count). The summed E-state index contributed by atoms with van der Waals surface area (Å²) in [6.07, 6.45) is 32.8. The van der Waals surface area contributed by atoms with Gasteiger partial charge in [-0.15, -0.1) is 0 Å². The molecule has 0 bridgehead atoms. The lowest BCUT2D eigenvalue weighted by Crippen LogP contribution is -2.65. The van der Waals surface area contributed by atoms with E-state index in [0.717, 1.165) is 64.1 Å². The highest BCUT2D eigenvalue weighted by Crippen LogP contribution is 2.63. The first-order valence-electron chi connectivity index (χ1n) is 18.6. The fourth-order valence-electron chi connectivity index (χ4n) is 13.1. The summed E-state index contributed by atoms with van der Waals surface area (Å²) >= 11 is 2.56. The van der Waals surface area contributed by atoms with Gasteiger partial charge in [0.25, 0.3) is 0 Å². The van der Waals surface area contributed by atoms with Gasteiger partial charge in [0, 0.05) is 34.5 Å². The van der Waals surface area contributed by atoms with E-state index in [0.29, 0.717) is 24.4 Å². The quantitative estimate of drug-likeness (QED) is 0.334. The molecule has 6 saturated carbocycles. The van der Waals surface area contributed by atoms with Crippen molar-refractivity contribution in [1.82, 2.24) is 4.90 Å². The molecule has 0 N–H and O–H groups in total. The van der Waals surface area contributed by atoms with Gasteiger partial charge in [-0.05, 0) is 119 Å². The minimum atomic E-state index is 0.551. The highest BCUT2D eigenvalue weighted by atomic mass is 32.2. The second kappa shape index (κ2) is 11.0. The van der Waals surface area contributed by atoms with Gasteiger partial charge in [0.05, 0.1) is 24.4 Å². The van der Waals surface area contributed by atoms with E-state index in [2.05, 4.69) is 16.7 Å². The number of ether oxygens (including phenoxy) is 2. The zero-order valence-electron chi connectivity index (χ0n) is 25.2. The monoisotopic (exact) mass is 567 g/mol. The molecular formula is C36H57NO2S. The molecule has 4 heteroatoms. The fraction of sp³-hybridized carbons (Fsp3) is 1.00. The second-order valence-corrected chi connectivity index (χ2v) is 17.6. The van der Waals surface area contributed by atoms with E-state index < -0.39 is 0 Å². The largest absolute Gasteiger partial charge is 0.374 e. The Morgan fingerprint density at radius 2 is 1.02 bits per heavy atom. The Labute approximate surface area is 249 Å². The topological polar surface area (TPSA) is 21.7 Å². The third-order valence-corrected chi connectivity index (χ3v) is 16.6. The van der Waals surface area contributed by atoms with Crippen molar-refractivity contribution in [3.8, 4) is 0 Å². The lowest BCUT2D eigenvalue weighted by Gasteiger charge is -2.57. The molecule has 0 radical (unpaired) electrons. The maximum Gasteiger partial charge on any atom is 0.0735 e. The molecule has 3 nitrogen and oxygen atoms in total. The number of hydrogen-bond donors (Lipinski definition) is 0. The smallest absolute Gasteiger partial charge is 0.0735 e. The highest BCUT2D eigenvalue weighted by Gasteiger charge is 2.60. The van der Waals surface area contributed by atoms with Crippen molar-refractivity contribution in [2.45, 2.75) is 188 Å². The average Bonchev–Trinajstić information content (AvgIpc) is 3.58. The molecule has 0 spiro atoms. The van der Waals surface area contributed by atoms with Crippen LogP contribution >= 0.6 is 11.8 Å². The highest BCUT2D eigenvalue weighted by molar-refractivity contribution is 8.00. The molecule has 13 atom stereocenters. The van der Waals surface area contributed by atoms with E-state index in [-0.39, 0.29) is 0 Å². The van der Waals surface area contributed by atoms with Crippen molar-refractivity contribution >= 4 is 11.8 Å². The molecule has 6 aliphatic carbocycles. The standard InChI is InChI=1S/C36H57NO2S/c1-4-13-30-27(8-1)34-33(38-30)21-20-26-25-10-7-9-24(35(25)40-36(26)34)22-16-18-23(19-17-22)37-28-11-2-5-14-31(28)39-32-15-6-3-12-29(32)37/h22-36H,1-21H2. The molecule has 0 aromatic carbocycles. The van der Waals surface area contributed by atoms with Crippen molar-refractivity contribution in [3.05, 3.63) is 0 Å². The minimum Gasteiger partial charge on any atom is -0.374 e. The van der Waals surface area contributed by atoms with Crippen LogP contribution in [0.1, 0.15) is 135 Å². The summed E-state index contributed by atoms with van der Waals surface area (Å²) in [4.78, 5) is 3.15. The van der Waals surface area contributed by atoms with Crippen molar-refractivity contribution in [3.63, 3.8) is 0 Å². The van der Waals surface area contributed by atoms with Gasteiger partial charge in [0.2, 0.25) is 0 Å². The van der Waals surface area contributed by atoms with Gasteiger partial charge in [0.1, 0.15) is 0 Å². The van der Waals surface area contributed by atoms with Crippen LogP contribution in [0.3, 0.4) is 0 Å². The predicted octanol–water partition coefficient (Wildman–Crippen LogP) is 8.38. The van der Waals surface area contributed by atoms with Crippen LogP contribution in [0.2, 0.25) is 0 Å². The van der Waals surface area contributed by atoms with Crippen LogP contribution in [-0.4, -0.2) is 57.9 Å². The molecule has 13 unspecified atom stereocenters. The van der Waals surface area contributed by atoms with Crippen molar-refractivity contribution in [2.24, 2.45) is 35.5 Å². The predicted molar refractivity (Wildman–Crippen MR) is 164 cm³/mol. The van der Waals surface area contributed by atoms with Crippen LogP contribution < -0.4 is 0 Å². The van der Waals surface area contributed by atoms with Gasteiger partial charge < -0.3 is 9.47 Å². The molecule has 3 heterocycles. The zero-order chi connectivity index (χ0) is 26.2. The average molecular weight is 568 g/mol. The molecular weight excluding hydrogens is 510 g/mol. The molecule has 224 valence electrons. The first kappa shape index (κ1) is 26.6. The van der Waals surface area contributed by atoms with E-state index in [4.69, 9.17) is 9.47 Å². The van der Waals surface area contributed by atoms with Crippen LogP contribution in [0.4, 0.5) is 0 Å². The fourth-order valence-corrected chi connectivity index (χ4v) is 15.6. The van der Waals surface area contributed by atoms with Gasteiger partial charge in [0.15, 0.2) is 0 Å². The number of morpholine rings is 1. The minimum absolute atomic E-state index is 0.551. The number of rotatable bonds is 2. The van der Waals surface area contributed by atoms with E-state index in [1.54, 1.807) is 12.8 Å². The third kappa shape index (κ3) is 4.36. The van der Waals surface area contributed by atoms with Gasteiger partial charge in [-0.2, -0.15) is 11.8 Å². The molecule has 40 heavy (non-hydrogen) atoms. The van der Waals surface area contributed by atoms with Gasteiger partial charge in [-0.25, -0.2) is 0 Å². The summed E-state index contributed by atoms with van der Waals surface area (Å²) in [5, 5.41) is 1.93. The first-order chi connectivity index (χ1) is 19.8. The van der Waals surface area contributed by atoms with Gasteiger partial charge >= 0.3 is 0 Å². The number of thioether (sulfide) groups is 1. The first-order valence-corrected chi connectivity index (χ1v) is 19.5. The van der Waals surface area contributed by atoms with Crippen molar-refractivity contribution in [1.29, 1.82) is 0 Å². The molecule has 9 aliphatic rings. The van der Waals surface area contributed by atoms with Crippen LogP contribution in [0.25, 0.3) is 0 Å². The van der Waals surface area contributed by atoms with E-state index in [1.165, 1.54) is 122 Å². The lowest BCUT2D eigenvalue weighted by atomic mass is 9.62. The van der Waals surface area contributed by atoms with Crippen LogP contribution in [0, 0.1) is 35.5 Å². The van der Waals surface area contributed by atoms with E-state index in [9.17, 15) is 0 Å². The van der Waals surface area contributed by atoms with Gasteiger partial charge in [-0.1, -0.05) is 44.9 Å². The Hall–Kier alpha value is 0.230. The van der Waals surface area contributed by atoms with E-state index >= 15 is 0 Å². The summed E-state index contributed by atoms with van der Waals surface area (Å²) in [5.74, 6) is 5.92. The Morgan fingerprint density at radius 1 is 0.425 bits per heavy atom. The van der Waals surface area contributed by atoms with Crippen molar-refractivity contribution < 1.29 is 9.47 Å². The number of fused-ring (bicyclic) bond motifs is 9. The summed E-state index contributed by atoms with van der Waals surface area (Å²) in [6.45, 7) is 0. The summed E-state index contributed by atoms with van der Waals surface area (Å²) in [6, 6.07) is 2.34. The van der Waals surface area contributed by atoms with Crippen LogP contribution in [0.5, 0.6) is 0 Å². The third-order valence-electron chi connectivity index (χ3n) is 14.6. The summed E-state index contributed by atoms with van der Waals surface area (Å²) in [5.41, 5.74) is 0. The Kier molecular flexibility index (Phi) is 7.31. The number of nitrogens with zero attached hydrogens (tertiary/aromatic N) is 1. The van der Waals surface area contributed by atoms with E-state index in [1.807, 2.05) is 0 Å². The molecule has 9 fully saturated rings. The Morgan fingerprint density at radius 3 is 1.80 bits per heavy atom. The van der Waals surface area contributed by atoms with Crippen molar-refractivity contribution in [2.75, 3.05) is 0 Å². The lowest BCUT2D eigenvalue weighted by molar-refractivity contribution is -0.190. The van der Waals surface area contributed by atoms with Gasteiger partial charge in [-0.3, -0.25) is 4.90 Å². The molecule has 3 aliphatic heterocycles. The molecule has 3 saturated heterocycles. The Bertz CT molecular complexity index is 883. The maximum atomic E-state index is 6.83. The maximum absolute atomic E-state index is 6.83. The SMILES string of the molecule is C1CCC2C(C1)OC1CCC3C4CCCC(C5CCC(N6C7CCCCC7OC7CCCCC76)CC5)C4SC3C12. The second-order valence-electron chi connectivity index (χ2n) is 16.2. The van der Waals surface area contributed by atoms with Crippen LogP contribution in [0.15, 0.2) is 0 Å².